The number of carbonyl (C=O) groups is 1. The zero-order valence-corrected chi connectivity index (χ0v) is 13.7. The van der Waals surface area contributed by atoms with Crippen LogP contribution in [0.4, 0.5) is 0 Å². The van der Waals surface area contributed by atoms with E-state index in [-0.39, 0.29) is 31.0 Å². The van der Waals surface area contributed by atoms with Crippen LogP contribution >= 0.6 is 23.2 Å². The van der Waals surface area contributed by atoms with Crippen molar-refractivity contribution in [2.45, 2.75) is 32.8 Å². The summed E-state index contributed by atoms with van der Waals surface area (Å²) in [4.78, 5) is 11.7. The molecule has 0 heterocycles. The second kappa shape index (κ2) is 9.13. The zero-order chi connectivity index (χ0) is 15.8. The van der Waals surface area contributed by atoms with Crippen LogP contribution in [-0.2, 0) is 4.79 Å². The van der Waals surface area contributed by atoms with Gasteiger partial charge in [-0.15, -0.1) is 0 Å². The molecule has 0 radical (unpaired) electrons. The highest BCUT2D eigenvalue weighted by atomic mass is 35.5. The molecular weight excluding hydrogens is 313 g/mol. The molecule has 0 saturated heterocycles. The molecule has 1 amide bonds. The van der Waals surface area contributed by atoms with Crippen molar-refractivity contribution in [3.8, 4) is 5.75 Å². The van der Waals surface area contributed by atoms with Crippen molar-refractivity contribution in [1.82, 2.24) is 5.32 Å². The molecule has 118 valence electrons. The van der Waals surface area contributed by atoms with E-state index in [4.69, 9.17) is 27.9 Å². The Bertz CT molecular complexity index is 466. The second-order valence-corrected chi connectivity index (χ2v) is 5.93. The summed E-state index contributed by atoms with van der Waals surface area (Å²) in [5, 5.41) is 12.8. The summed E-state index contributed by atoms with van der Waals surface area (Å²) in [6.07, 6.45) is 0.546. The molecular formula is C15H21Cl2NO3. The molecule has 2 N–H and O–H groups in total. The lowest BCUT2D eigenvalue weighted by molar-refractivity contribution is -0.121. The number of hydrogen-bond acceptors (Lipinski definition) is 3. The molecule has 1 aromatic rings. The van der Waals surface area contributed by atoms with Crippen LogP contribution in [0.3, 0.4) is 0 Å². The molecule has 0 aliphatic rings. The molecule has 1 aromatic carbocycles. The van der Waals surface area contributed by atoms with E-state index in [0.717, 1.165) is 0 Å². The minimum atomic E-state index is -0.356. The van der Waals surface area contributed by atoms with Gasteiger partial charge in [0, 0.05) is 6.54 Å². The highest BCUT2D eigenvalue weighted by Crippen LogP contribution is 2.31. The Balaban J connectivity index is 2.26. The molecule has 0 aliphatic carbocycles. The topological polar surface area (TPSA) is 58.6 Å². The average molecular weight is 334 g/mol. The standard InChI is InChI=1S/C15H21Cl2NO3/c1-10(8-11(2)19)9-18-14(20)6-7-21-13-5-3-4-12(16)15(13)17/h3-5,10-11,19H,6-9H2,1-2H3,(H,18,20). The molecule has 0 bridgehead atoms. The molecule has 0 fully saturated rings. The lowest BCUT2D eigenvalue weighted by Gasteiger charge is -2.14. The van der Waals surface area contributed by atoms with Crippen LogP contribution in [0.2, 0.25) is 10.0 Å². The third-order valence-electron chi connectivity index (χ3n) is 2.89. The molecule has 2 atom stereocenters. The number of ether oxygens (including phenoxy) is 1. The Morgan fingerprint density at radius 1 is 1.38 bits per heavy atom. The molecule has 0 aliphatic heterocycles. The number of aliphatic hydroxyl groups is 1. The van der Waals surface area contributed by atoms with Crippen LogP contribution in [0.25, 0.3) is 0 Å². The minimum absolute atomic E-state index is 0.0920. The number of nitrogens with one attached hydrogen (secondary N) is 1. The quantitative estimate of drug-likeness (QED) is 0.767. The number of hydrogen-bond donors (Lipinski definition) is 2. The van der Waals surface area contributed by atoms with Crippen molar-refractivity contribution < 1.29 is 14.6 Å². The third-order valence-corrected chi connectivity index (χ3v) is 3.70. The Morgan fingerprint density at radius 3 is 2.76 bits per heavy atom. The summed E-state index contributed by atoms with van der Waals surface area (Å²) in [7, 11) is 0. The largest absolute Gasteiger partial charge is 0.491 e. The highest BCUT2D eigenvalue weighted by Gasteiger charge is 2.09. The molecule has 1 rings (SSSR count). The molecule has 2 unspecified atom stereocenters. The Morgan fingerprint density at radius 2 is 2.10 bits per heavy atom. The zero-order valence-electron chi connectivity index (χ0n) is 12.2. The molecule has 21 heavy (non-hydrogen) atoms. The van der Waals surface area contributed by atoms with Crippen LogP contribution in [0.1, 0.15) is 26.7 Å². The van der Waals surface area contributed by atoms with Crippen molar-refractivity contribution in [3.63, 3.8) is 0 Å². The van der Waals surface area contributed by atoms with Gasteiger partial charge in [0.05, 0.1) is 24.2 Å². The van der Waals surface area contributed by atoms with Crippen molar-refractivity contribution >= 4 is 29.1 Å². The summed E-state index contributed by atoms with van der Waals surface area (Å²) in [5.74, 6) is 0.613. The first kappa shape index (κ1) is 18.1. The number of benzene rings is 1. The van der Waals surface area contributed by atoms with Gasteiger partial charge < -0.3 is 15.2 Å². The minimum Gasteiger partial charge on any atom is -0.491 e. The highest BCUT2D eigenvalue weighted by molar-refractivity contribution is 6.42. The van der Waals surface area contributed by atoms with Gasteiger partial charge in [0.2, 0.25) is 5.91 Å². The Hall–Kier alpha value is -0.970. The lowest BCUT2D eigenvalue weighted by Crippen LogP contribution is -2.30. The van der Waals surface area contributed by atoms with Crippen LogP contribution in [0, 0.1) is 5.92 Å². The smallest absolute Gasteiger partial charge is 0.223 e. The summed E-state index contributed by atoms with van der Waals surface area (Å²) in [6, 6.07) is 5.12. The number of halogens is 2. The summed E-state index contributed by atoms with van der Waals surface area (Å²) in [6.45, 7) is 4.49. The SMILES string of the molecule is CC(O)CC(C)CNC(=O)CCOc1cccc(Cl)c1Cl. The molecule has 0 spiro atoms. The Labute approximate surface area is 135 Å². The van der Waals surface area contributed by atoms with Gasteiger partial charge in [0.15, 0.2) is 0 Å². The van der Waals surface area contributed by atoms with Gasteiger partial charge in [-0.2, -0.15) is 0 Å². The number of aliphatic hydroxyl groups excluding tert-OH is 1. The van der Waals surface area contributed by atoms with Gasteiger partial charge in [-0.25, -0.2) is 0 Å². The first-order valence-electron chi connectivity index (χ1n) is 6.91. The van der Waals surface area contributed by atoms with Crippen LogP contribution in [0.5, 0.6) is 5.75 Å². The van der Waals surface area contributed by atoms with Crippen molar-refractivity contribution in [2.24, 2.45) is 5.92 Å². The van der Waals surface area contributed by atoms with Crippen LogP contribution in [-0.4, -0.2) is 30.3 Å². The molecule has 0 saturated carbocycles. The van der Waals surface area contributed by atoms with E-state index in [0.29, 0.717) is 28.8 Å². The van der Waals surface area contributed by atoms with Crippen LogP contribution in [0.15, 0.2) is 18.2 Å². The monoisotopic (exact) mass is 333 g/mol. The predicted molar refractivity (Wildman–Crippen MR) is 85.0 cm³/mol. The van der Waals surface area contributed by atoms with Gasteiger partial charge in [-0.3, -0.25) is 4.79 Å². The van der Waals surface area contributed by atoms with Gasteiger partial charge in [-0.05, 0) is 31.4 Å². The van der Waals surface area contributed by atoms with Crippen molar-refractivity contribution in [3.05, 3.63) is 28.2 Å². The maximum atomic E-state index is 11.7. The third kappa shape index (κ3) is 7.02. The average Bonchev–Trinajstić information content (AvgIpc) is 2.40. The van der Waals surface area contributed by atoms with Gasteiger partial charge >= 0.3 is 0 Å². The number of amides is 1. The fourth-order valence-electron chi connectivity index (χ4n) is 1.89. The maximum absolute atomic E-state index is 11.7. The van der Waals surface area contributed by atoms with Gasteiger partial charge in [0.1, 0.15) is 10.8 Å². The maximum Gasteiger partial charge on any atom is 0.223 e. The molecule has 6 heteroatoms. The van der Waals surface area contributed by atoms with E-state index in [1.165, 1.54) is 0 Å². The van der Waals surface area contributed by atoms with E-state index in [1.54, 1.807) is 25.1 Å². The van der Waals surface area contributed by atoms with E-state index in [2.05, 4.69) is 5.32 Å². The van der Waals surface area contributed by atoms with Gasteiger partial charge in [-0.1, -0.05) is 36.2 Å². The van der Waals surface area contributed by atoms with E-state index < -0.39 is 0 Å². The van der Waals surface area contributed by atoms with Crippen molar-refractivity contribution in [2.75, 3.05) is 13.2 Å². The fourth-order valence-corrected chi connectivity index (χ4v) is 2.24. The van der Waals surface area contributed by atoms with Crippen LogP contribution < -0.4 is 10.1 Å². The summed E-state index contributed by atoms with van der Waals surface area (Å²) < 4.78 is 5.44. The van der Waals surface area contributed by atoms with Gasteiger partial charge in [0.25, 0.3) is 0 Å². The van der Waals surface area contributed by atoms with E-state index in [1.807, 2.05) is 6.92 Å². The normalized spacial score (nSPS) is 13.6. The molecule has 4 nitrogen and oxygen atoms in total. The number of rotatable bonds is 8. The van der Waals surface area contributed by atoms with E-state index >= 15 is 0 Å². The first-order chi connectivity index (χ1) is 9.90. The summed E-state index contributed by atoms with van der Waals surface area (Å²) >= 11 is 11.8. The van der Waals surface area contributed by atoms with Crippen molar-refractivity contribution in [1.29, 1.82) is 0 Å². The number of carbonyl (C=O) groups excluding carboxylic acids is 1. The summed E-state index contributed by atoms with van der Waals surface area (Å²) in [5.41, 5.74) is 0. The predicted octanol–water partition coefficient (Wildman–Crippen LogP) is 3.29. The van der Waals surface area contributed by atoms with E-state index in [9.17, 15) is 9.90 Å². The fraction of sp³-hybridized carbons (Fsp3) is 0.533. The first-order valence-corrected chi connectivity index (χ1v) is 7.67. The Kier molecular flexibility index (Phi) is 7.86. The molecule has 0 aromatic heterocycles. The second-order valence-electron chi connectivity index (χ2n) is 5.14. The lowest BCUT2D eigenvalue weighted by atomic mass is 10.0.